The Morgan fingerprint density at radius 1 is 1.18 bits per heavy atom. The first-order chi connectivity index (χ1) is 19.2. The average Bonchev–Trinajstić information content (AvgIpc) is 3.56. The number of hydrogen-bond acceptors (Lipinski definition) is 6. The van der Waals surface area contributed by atoms with Gasteiger partial charge in [0.2, 0.25) is 17.7 Å². The minimum Gasteiger partial charge on any atom is -0.497 e. The van der Waals surface area contributed by atoms with E-state index >= 15 is 0 Å². The Morgan fingerprint density at radius 2 is 1.88 bits per heavy atom. The summed E-state index contributed by atoms with van der Waals surface area (Å²) < 4.78 is 11.8. The van der Waals surface area contributed by atoms with Crippen molar-refractivity contribution in [2.24, 2.45) is 17.8 Å². The van der Waals surface area contributed by atoms with Crippen molar-refractivity contribution in [3.05, 3.63) is 60.2 Å². The van der Waals surface area contributed by atoms with Crippen LogP contribution in [0.5, 0.6) is 5.75 Å². The maximum atomic E-state index is 14.3. The van der Waals surface area contributed by atoms with E-state index in [2.05, 4.69) is 26.6 Å². The molecule has 3 fully saturated rings. The van der Waals surface area contributed by atoms with E-state index in [1.165, 1.54) is 4.90 Å². The molecule has 214 valence electrons. The number of likely N-dealkylation sites (tertiary alicyclic amines) is 1. The molecule has 8 atom stereocenters. The van der Waals surface area contributed by atoms with Crippen molar-refractivity contribution in [3.8, 4) is 5.75 Å². The van der Waals surface area contributed by atoms with Gasteiger partial charge in [0.15, 0.2) is 0 Å². The molecule has 3 aliphatic rings. The number of nitrogens with one attached hydrogen (secondary N) is 2. The molecular formula is C30H36BrN3O6. The van der Waals surface area contributed by atoms with Crippen molar-refractivity contribution in [1.82, 2.24) is 10.2 Å². The SMILES string of the molecule is CC[C@H](C)[C@H](CO)N1C(=O)[C@@H]2[C@@H](C(=O)NCc3ccccc3)[C@@H]3OC2(CC3Br)C1C(=O)Nc1ccc(OC)cc1. The van der Waals surface area contributed by atoms with Crippen LogP contribution in [0.4, 0.5) is 5.69 Å². The quantitative estimate of drug-likeness (QED) is 0.355. The standard InChI is InChI=1S/C30H36BrN3O6/c1-4-17(2)22(16-35)34-26(28(37)33-19-10-12-20(39-3)13-11-19)30-14-21(31)25(40-30)23(24(30)29(34)38)27(36)32-15-18-8-6-5-7-9-18/h5-13,17,21-26,35H,4,14-16H2,1-3H3,(H,32,36)(H,33,37)/t17-,21?,22-,23+,24-,25+,26?,30?/m0/s1. The minimum atomic E-state index is -1.21. The molecule has 3 unspecified atom stereocenters. The van der Waals surface area contributed by atoms with Crippen LogP contribution in [0, 0.1) is 17.8 Å². The minimum absolute atomic E-state index is 0.0808. The number of carbonyl (C=O) groups is 3. The van der Waals surface area contributed by atoms with Gasteiger partial charge < -0.3 is 30.1 Å². The molecule has 5 rings (SSSR count). The van der Waals surface area contributed by atoms with Crippen LogP contribution in [-0.2, 0) is 25.7 Å². The van der Waals surface area contributed by atoms with Crippen LogP contribution in [-0.4, -0.2) is 70.1 Å². The van der Waals surface area contributed by atoms with E-state index in [1.807, 2.05) is 44.2 Å². The molecule has 0 aromatic heterocycles. The van der Waals surface area contributed by atoms with E-state index < -0.39 is 41.5 Å². The highest BCUT2D eigenvalue weighted by Gasteiger charge is 2.77. The summed E-state index contributed by atoms with van der Waals surface area (Å²) in [5.41, 5.74) is 0.280. The van der Waals surface area contributed by atoms with Gasteiger partial charge in [-0.2, -0.15) is 0 Å². The van der Waals surface area contributed by atoms with Gasteiger partial charge in [0.05, 0.1) is 37.7 Å². The molecule has 1 spiro atoms. The zero-order valence-electron chi connectivity index (χ0n) is 22.9. The molecule has 3 N–H and O–H groups in total. The van der Waals surface area contributed by atoms with Gasteiger partial charge in [-0.1, -0.05) is 66.5 Å². The zero-order chi connectivity index (χ0) is 28.6. The summed E-state index contributed by atoms with van der Waals surface area (Å²) in [6.45, 7) is 3.95. The van der Waals surface area contributed by atoms with Crippen molar-refractivity contribution < 1.29 is 29.0 Å². The number of halogens is 1. The summed E-state index contributed by atoms with van der Waals surface area (Å²) in [5.74, 6) is -2.06. The Balaban J connectivity index is 1.49. The number of carbonyl (C=O) groups excluding carboxylic acids is 3. The lowest BCUT2D eigenvalue weighted by Crippen LogP contribution is -2.57. The third-order valence-electron chi connectivity index (χ3n) is 8.79. The number of nitrogens with zero attached hydrogens (tertiary/aromatic N) is 1. The van der Waals surface area contributed by atoms with Crippen molar-refractivity contribution in [3.63, 3.8) is 0 Å². The van der Waals surface area contributed by atoms with E-state index in [0.29, 0.717) is 30.8 Å². The number of aliphatic hydroxyl groups excluding tert-OH is 1. The summed E-state index contributed by atoms with van der Waals surface area (Å²) in [5, 5.41) is 16.4. The second-order valence-electron chi connectivity index (χ2n) is 11.0. The third-order valence-corrected chi connectivity index (χ3v) is 9.64. The highest BCUT2D eigenvalue weighted by Crippen LogP contribution is 2.60. The number of alkyl halides is 1. The van der Waals surface area contributed by atoms with Gasteiger partial charge in [0, 0.05) is 17.1 Å². The van der Waals surface area contributed by atoms with Crippen molar-refractivity contribution in [2.45, 2.75) is 61.8 Å². The van der Waals surface area contributed by atoms with E-state index in [1.54, 1.807) is 31.4 Å². The Bertz CT molecular complexity index is 1240. The number of rotatable bonds is 10. The second-order valence-corrected chi connectivity index (χ2v) is 12.1. The van der Waals surface area contributed by atoms with Gasteiger partial charge in [-0.25, -0.2) is 0 Å². The Labute approximate surface area is 242 Å². The highest BCUT2D eigenvalue weighted by atomic mass is 79.9. The third kappa shape index (κ3) is 4.80. The normalized spacial score (nSPS) is 30.1. The molecule has 40 heavy (non-hydrogen) atoms. The predicted molar refractivity (Wildman–Crippen MR) is 153 cm³/mol. The molecule has 10 heteroatoms. The Morgan fingerprint density at radius 3 is 2.50 bits per heavy atom. The van der Waals surface area contributed by atoms with Crippen LogP contribution in [0.2, 0.25) is 0 Å². The lowest BCUT2D eigenvalue weighted by atomic mass is 9.70. The van der Waals surface area contributed by atoms with E-state index in [9.17, 15) is 19.5 Å². The van der Waals surface area contributed by atoms with Crippen molar-refractivity contribution >= 4 is 39.3 Å². The number of ether oxygens (including phenoxy) is 2. The maximum Gasteiger partial charge on any atom is 0.250 e. The molecule has 0 aliphatic carbocycles. The van der Waals surface area contributed by atoms with E-state index in [0.717, 1.165) is 5.56 Å². The molecule has 2 aromatic rings. The van der Waals surface area contributed by atoms with Crippen LogP contribution < -0.4 is 15.4 Å². The topological polar surface area (TPSA) is 117 Å². The monoisotopic (exact) mass is 613 g/mol. The van der Waals surface area contributed by atoms with Gasteiger partial charge in [0.1, 0.15) is 17.4 Å². The van der Waals surface area contributed by atoms with Crippen LogP contribution in [0.1, 0.15) is 32.3 Å². The first kappa shape index (κ1) is 28.6. The lowest BCUT2D eigenvalue weighted by molar-refractivity contribution is -0.145. The van der Waals surface area contributed by atoms with Gasteiger partial charge in [-0.05, 0) is 42.2 Å². The number of hydrogen-bond donors (Lipinski definition) is 3. The highest BCUT2D eigenvalue weighted by molar-refractivity contribution is 9.09. The zero-order valence-corrected chi connectivity index (χ0v) is 24.5. The first-order valence-electron chi connectivity index (χ1n) is 13.8. The molecule has 2 bridgehead atoms. The fraction of sp³-hybridized carbons (Fsp3) is 0.500. The first-order valence-corrected chi connectivity index (χ1v) is 14.7. The average molecular weight is 615 g/mol. The smallest absolute Gasteiger partial charge is 0.250 e. The summed E-state index contributed by atoms with van der Waals surface area (Å²) in [4.78, 5) is 43.3. The summed E-state index contributed by atoms with van der Waals surface area (Å²) in [6.07, 6.45) is 0.538. The number of aliphatic hydroxyl groups is 1. The van der Waals surface area contributed by atoms with Gasteiger partial charge in [0.25, 0.3) is 0 Å². The number of methoxy groups -OCH3 is 1. The molecule has 9 nitrogen and oxygen atoms in total. The van der Waals surface area contributed by atoms with Gasteiger partial charge in [-0.3, -0.25) is 14.4 Å². The molecule has 2 aromatic carbocycles. The molecule has 3 amide bonds. The van der Waals surface area contributed by atoms with Crippen LogP contribution >= 0.6 is 15.9 Å². The molecule has 3 heterocycles. The number of amides is 3. The fourth-order valence-electron chi connectivity index (χ4n) is 6.63. The molecule has 0 radical (unpaired) electrons. The molecule has 3 aliphatic heterocycles. The van der Waals surface area contributed by atoms with Crippen molar-refractivity contribution in [2.75, 3.05) is 19.0 Å². The predicted octanol–water partition coefficient (Wildman–Crippen LogP) is 3.11. The number of benzene rings is 2. The molecule has 0 saturated carbocycles. The fourth-order valence-corrected chi connectivity index (χ4v) is 7.57. The summed E-state index contributed by atoms with van der Waals surface area (Å²) in [7, 11) is 1.57. The molecule has 3 saturated heterocycles. The lowest BCUT2D eigenvalue weighted by Gasteiger charge is -2.38. The summed E-state index contributed by atoms with van der Waals surface area (Å²) >= 11 is 3.70. The number of fused-ring (bicyclic) bond motifs is 1. The number of anilines is 1. The van der Waals surface area contributed by atoms with Crippen LogP contribution in [0.25, 0.3) is 0 Å². The van der Waals surface area contributed by atoms with Crippen molar-refractivity contribution in [1.29, 1.82) is 0 Å². The molecular weight excluding hydrogens is 578 g/mol. The van der Waals surface area contributed by atoms with E-state index in [-0.39, 0.29) is 29.2 Å². The van der Waals surface area contributed by atoms with Crippen LogP contribution in [0.15, 0.2) is 54.6 Å². The Hall–Kier alpha value is -2.95. The largest absolute Gasteiger partial charge is 0.497 e. The summed E-state index contributed by atoms with van der Waals surface area (Å²) in [6, 6.07) is 14.9. The maximum absolute atomic E-state index is 14.3. The van der Waals surface area contributed by atoms with E-state index in [4.69, 9.17) is 9.47 Å². The van der Waals surface area contributed by atoms with Crippen LogP contribution in [0.3, 0.4) is 0 Å². The Kier molecular flexibility index (Phi) is 8.22. The second kappa shape index (κ2) is 11.5. The van der Waals surface area contributed by atoms with Gasteiger partial charge in [-0.15, -0.1) is 0 Å². The van der Waals surface area contributed by atoms with Gasteiger partial charge >= 0.3 is 0 Å².